The third-order valence-corrected chi connectivity index (χ3v) is 4.52. The van der Waals surface area contributed by atoms with E-state index in [0.29, 0.717) is 22.1 Å². The second-order valence-corrected chi connectivity index (χ2v) is 6.05. The van der Waals surface area contributed by atoms with E-state index >= 15 is 0 Å². The minimum Gasteiger partial charge on any atom is -0.493 e. The van der Waals surface area contributed by atoms with Crippen molar-refractivity contribution in [2.45, 2.75) is 0 Å². The van der Waals surface area contributed by atoms with Crippen molar-refractivity contribution in [3.05, 3.63) is 64.5 Å². The molecule has 1 aromatic heterocycles. The molecule has 0 amide bonds. The van der Waals surface area contributed by atoms with Gasteiger partial charge in [0.15, 0.2) is 11.5 Å². The van der Waals surface area contributed by atoms with Crippen LogP contribution in [-0.2, 0) is 0 Å². The van der Waals surface area contributed by atoms with Crippen molar-refractivity contribution >= 4 is 23.0 Å². The van der Waals surface area contributed by atoms with Crippen LogP contribution in [0.15, 0.2) is 53.9 Å². The van der Waals surface area contributed by atoms with Crippen LogP contribution in [0.1, 0.15) is 10.6 Å². The minimum absolute atomic E-state index is 0.513. The summed E-state index contributed by atoms with van der Waals surface area (Å²) in [5.74, 6) is 1.27. The fraction of sp³-hybridized carbons (Fsp3) is 0.100. The molecule has 0 aliphatic rings. The molecule has 3 aromatic rings. The lowest BCUT2D eigenvalue weighted by Crippen LogP contribution is -1.91. The van der Waals surface area contributed by atoms with E-state index in [0.717, 1.165) is 16.8 Å². The van der Waals surface area contributed by atoms with Crippen LogP contribution in [0.4, 0.5) is 0 Å². The van der Waals surface area contributed by atoms with Gasteiger partial charge in [0, 0.05) is 10.9 Å². The number of thiazole rings is 1. The summed E-state index contributed by atoms with van der Waals surface area (Å²) in [6, 6.07) is 17.7. The Morgan fingerprint density at radius 3 is 2.52 bits per heavy atom. The Bertz CT molecular complexity index is 940. The number of allylic oxidation sites excluding steroid dienone is 1. The summed E-state index contributed by atoms with van der Waals surface area (Å²) in [5.41, 5.74) is 3.27. The Morgan fingerprint density at radius 1 is 1.08 bits per heavy atom. The van der Waals surface area contributed by atoms with Gasteiger partial charge >= 0.3 is 0 Å². The molecule has 0 bridgehead atoms. The van der Waals surface area contributed by atoms with Gasteiger partial charge in [0.05, 0.1) is 25.5 Å². The van der Waals surface area contributed by atoms with Crippen molar-refractivity contribution in [3.8, 4) is 28.8 Å². The highest BCUT2D eigenvalue weighted by atomic mass is 32.1. The van der Waals surface area contributed by atoms with E-state index < -0.39 is 0 Å². The molecule has 2 aromatic carbocycles. The Hall–Kier alpha value is -3.10. The van der Waals surface area contributed by atoms with Gasteiger partial charge in [-0.25, -0.2) is 4.98 Å². The average Bonchev–Trinajstić information content (AvgIpc) is 3.16. The first-order valence-corrected chi connectivity index (χ1v) is 8.48. The molecule has 0 unspecified atom stereocenters. The van der Waals surface area contributed by atoms with E-state index in [1.165, 1.54) is 11.3 Å². The number of hydrogen-bond acceptors (Lipinski definition) is 5. The summed E-state index contributed by atoms with van der Waals surface area (Å²) in [5, 5.41) is 12.2. The lowest BCUT2D eigenvalue weighted by Gasteiger charge is -2.07. The summed E-state index contributed by atoms with van der Waals surface area (Å²) in [4.78, 5) is 4.60. The second-order valence-electron chi connectivity index (χ2n) is 5.19. The number of methoxy groups -OCH3 is 2. The van der Waals surface area contributed by atoms with Crippen LogP contribution in [0.2, 0.25) is 0 Å². The molecule has 0 saturated carbocycles. The molecule has 5 heteroatoms. The van der Waals surface area contributed by atoms with Crippen molar-refractivity contribution in [2.75, 3.05) is 14.2 Å². The largest absolute Gasteiger partial charge is 0.493 e. The number of nitrogens with zero attached hydrogens (tertiary/aromatic N) is 2. The Balaban J connectivity index is 1.94. The van der Waals surface area contributed by atoms with E-state index in [9.17, 15) is 5.26 Å². The molecule has 0 saturated heterocycles. The van der Waals surface area contributed by atoms with Crippen LogP contribution in [0.25, 0.3) is 22.9 Å². The van der Waals surface area contributed by atoms with Crippen LogP contribution in [0, 0.1) is 11.3 Å². The molecule has 4 nitrogen and oxygen atoms in total. The summed E-state index contributed by atoms with van der Waals surface area (Å²) >= 11 is 1.46. The molecule has 25 heavy (non-hydrogen) atoms. The van der Waals surface area contributed by atoms with Crippen LogP contribution in [-0.4, -0.2) is 19.2 Å². The van der Waals surface area contributed by atoms with E-state index in [1.54, 1.807) is 20.3 Å². The van der Waals surface area contributed by atoms with Crippen molar-refractivity contribution in [3.63, 3.8) is 0 Å². The van der Waals surface area contributed by atoms with Gasteiger partial charge in [-0.2, -0.15) is 5.26 Å². The fourth-order valence-electron chi connectivity index (χ4n) is 2.39. The third-order valence-electron chi connectivity index (χ3n) is 3.64. The predicted molar refractivity (Wildman–Crippen MR) is 101 cm³/mol. The molecule has 0 N–H and O–H groups in total. The molecule has 3 rings (SSSR count). The number of ether oxygens (including phenoxy) is 2. The molecule has 0 radical (unpaired) electrons. The number of benzene rings is 2. The first-order chi connectivity index (χ1) is 12.2. The zero-order valence-electron chi connectivity index (χ0n) is 13.9. The number of hydrogen-bond donors (Lipinski definition) is 0. The second kappa shape index (κ2) is 7.65. The van der Waals surface area contributed by atoms with E-state index in [2.05, 4.69) is 11.1 Å². The number of aromatic nitrogens is 1. The van der Waals surface area contributed by atoms with Gasteiger partial charge in [0.1, 0.15) is 11.1 Å². The number of nitriles is 1. The molecule has 0 spiro atoms. The first-order valence-electron chi connectivity index (χ1n) is 7.60. The third kappa shape index (κ3) is 3.70. The average molecular weight is 348 g/mol. The summed E-state index contributed by atoms with van der Waals surface area (Å²) in [6.45, 7) is 0. The minimum atomic E-state index is 0.513. The van der Waals surface area contributed by atoms with Crippen LogP contribution in [0.5, 0.6) is 11.5 Å². The summed E-state index contributed by atoms with van der Waals surface area (Å²) in [7, 11) is 3.18. The smallest absolute Gasteiger partial charge is 0.161 e. The first kappa shape index (κ1) is 16.7. The standard InChI is InChI=1S/C20H16N2O2S/c1-23-18-9-8-14(11-19(18)24-2)10-16(12-21)20-22-17(13-25-20)15-6-4-3-5-7-15/h3-11,13H,1-2H3/b16-10+. The monoisotopic (exact) mass is 348 g/mol. The molecular formula is C20H16N2O2S. The lowest BCUT2D eigenvalue weighted by molar-refractivity contribution is 0.355. The van der Waals surface area contributed by atoms with E-state index in [4.69, 9.17) is 9.47 Å². The van der Waals surface area contributed by atoms with E-state index in [1.807, 2.05) is 53.9 Å². The Labute approximate surface area is 150 Å². The quantitative estimate of drug-likeness (QED) is 0.616. The van der Waals surface area contributed by atoms with E-state index in [-0.39, 0.29) is 0 Å². The fourth-order valence-corrected chi connectivity index (χ4v) is 3.18. The van der Waals surface area contributed by atoms with Gasteiger partial charge in [0.25, 0.3) is 0 Å². The van der Waals surface area contributed by atoms with Gasteiger partial charge < -0.3 is 9.47 Å². The normalized spacial score (nSPS) is 11.0. The molecule has 0 aliphatic heterocycles. The highest BCUT2D eigenvalue weighted by Crippen LogP contribution is 2.31. The van der Waals surface area contributed by atoms with Gasteiger partial charge in [-0.05, 0) is 23.8 Å². The molecule has 124 valence electrons. The summed E-state index contributed by atoms with van der Waals surface area (Å²) in [6.07, 6.45) is 1.80. The number of rotatable bonds is 5. The SMILES string of the molecule is COc1ccc(/C=C(\C#N)c2nc(-c3ccccc3)cs2)cc1OC. The Morgan fingerprint density at radius 2 is 1.84 bits per heavy atom. The molecular weight excluding hydrogens is 332 g/mol. The zero-order chi connectivity index (χ0) is 17.6. The van der Waals surface area contributed by atoms with Crippen molar-refractivity contribution in [2.24, 2.45) is 0 Å². The maximum atomic E-state index is 9.54. The predicted octanol–water partition coefficient (Wildman–Crippen LogP) is 4.89. The molecule has 1 heterocycles. The Kier molecular flexibility index (Phi) is 5.12. The topological polar surface area (TPSA) is 55.1 Å². The van der Waals surface area contributed by atoms with Crippen molar-refractivity contribution in [1.29, 1.82) is 5.26 Å². The van der Waals surface area contributed by atoms with Gasteiger partial charge in [-0.1, -0.05) is 36.4 Å². The highest BCUT2D eigenvalue weighted by Gasteiger charge is 2.10. The molecule has 0 aliphatic carbocycles. The van der Waals surface area contributed by atoms with Crippen LogP contribution in [0.3, 0.4) is 0 Å². The summed E-state index contributed by atoms with van der Waals surface area (Å²) < 4.78 is 10.5. The molecule has 0 atom stereocenters. The zero-order valence-corrected chi connectivity index (χ0v) is 14.7. The van der Waals surface area contributed by atoms with Gasteiger partial charge in [-0.15, -0.1) is 11.3 Å². The van der Waals surface area contributed by atoms with Crippen LogP contribution >= 0.6 is 11.3 Å². The van der Waals surface area contributed by atoms with Crippen LogP contribution < -0.4 is 9.47 Å². The van der Waals surface area contributed by atoms with Crippen molar-refractivity contribution < 1.29 is 9.47 Å². The van der Waals surface area contributed by atoms with Gasteiger partial charge in [0.2, 0.25) is 0 Å². The molecule has 0 fully saturated rings. The van der Waals surface area contributed by atoms with Gasteiger partial charge in [-0.3, -0.25) is 0 Å². The maximum absolute atomic E-state index is 9.54. The van der Waals surface area contributed by atoms with Crippen molar-refractivity contribution in [1.82, 2.24) is 4.98 Å². The highest BCUT2D eigenvalue weighted by molar-refractivity contribution is 7.11. The lowest BCUT2D eigenvalue weighted by atomic mass is 10.1. The maximum Gasteiger partial charge on any atom is 0.161 e.